The van der Waals surface area contributed by atoms with Crippen LogP contribution >= 0.6 is 0 Å². The van der Waals surface area contributed by atoms with Crippen molar-refractivity contribution in [3.05, 3.63) is 0 Å². The fourth-order valence-corrected chi connectivity index (χ4v) is 5.38. The first-order valence-corrected chi connectivity index (χ1v) is 11.1. The second kappa shape index (κ2) is 10.5. The first-order chi connectivity index (χ1) is 11.7. The molecular formula is C23H41N. The molecule has 0 aromatic heterocycles. The maximum atomic E-state index is 9.54. The van der Waals surface area contributed by atoms with Gasteiger partial charge in [0.25, 0.3) is 0 Å². The summed E-state index contributed by atoms with van der Waals surface area (Å²) in [5.74, 6) is 2.99. The standard InChI is InChI=1S/C23H41N/c1-3-5-6-7-20-8-10-21(11-9-20)12-13-22-14-17-23(19-24,16-4-2)18-15-22/h20-22H,3-18H2,1-2H3/t20-,21-,22-,23-. The van der Waals surface area contributed by atoms with Crippen molar-refractivity contribution in [1.29, 1.82) is 5.26 Å². The summed E-state index contributed by atoms with van der Waals surface area (Å²) in [5, 5.41) is 9.54. The molecule has 0 amide bonds. The third-order valence-electron chi connectivity index (χ3n) is 7.19. The number of hydrogen-bond acceptors (Lipinski definition) is 1. The molecule has 0 radical (unpaired) electrons. The van der Waals surface area contributed by atoms with E-state index in [0.29, 0.717) is 0 Å². The number of rotatable bonds is 9. The van der Waals surface area contributed by atoms with Crippen LogP contribution in [-0.4, -0.2) is 0 Å². The summed E-state index contributed by atoms with van der Waals surface area (Å²) < 4.78 is 0. The van der Waals surface area contributed by atoms with Crippen LogP contribution in [0.1, 0.15) is 117 Å². The van der Waals surface area contributed by atoms with Gasteiger partial charge in [-0.05, 0) is 49.9 Å². The third kappa shape index (κ3) is 6.09. The number of nitriles is 1. The van der Waals surface area contributed by atoms with Gasteiger partial charge in [0.15, 0.2) is 0 Å². The maximum absolute atomic E-state index is 9.54. The highest BCUT2D eigenvalue weighted by molar-refractivity contribution is 5.01. The molecule has 0 atom stereocenters. The van der Waals surface area contributed by atoms with E-state index < -0.39 is 0 Å². The fraction of sp³-hybridized carbons (Fsp3) is 0.957. The molecule has 0 aromatic carbocycles. The zero-order chi connectivity index (χ0) is 17.3. The minimum absolute atomic E-state index is 0.0435. The second-order valence-electron chi connectivity index (χ2n) is 9.05. The molecule has 24 heavy (non-hydrogen) atoms. The van der Waals surface area contributed by atoms with Crippen molar-refractivity contribution in [3.63, 3.8) is 0 Å². The molecule has 138 valence electrons. The van der Waals surface area contributed by atoms with E-state index in [-0.39, 0.29) is 5.41 Å². The Morgan fingerprint density at radius 1 is 0.750 bits per heavy atom. The van der Waals surface area contributed by atoms with Crippen LogP contribution in [-0.2, 0) is 0 Å². The van der Waals surface area contributed by atoms with Crippen molar-refractivity contribution in [2.45, 2.75) is 117 Å². The molecule has 0 heterocycles. The Morgan fingerprint density at radius 3 is 1.79 bits per heavy atom. The summed E-state index contributed by atoms with van der Waals surface area (Å²) in [6, 6.07) is 2.67. The lowest BCUT2D eigenvalue weighted by Gasteiger charge is -2.36. The van der Waals surface area contributed by atoms with Crippen LogP contribution in [0.5, 0.6) is 0 Å². The molecule has 0 bridgehead atoms. The predicted octanol–water partition coefficient (Wildman–Crippen LogP) is 7.65. The molecule has 2 saturated carbocycles. The van der Waals surface area contributed by atoms with Crippen LogP contribution in [0.2, 0.25) is 0 Å². The van der Waals surface area contributed by atoms with Crippen LogP contribution in [0, 0.1) is 34.5 Å². The van der Waals surface area contributed by atoms with Crippen molar-refractivity contribution in [3.8, 4) is 6.07 Å². The SMILES string of the molecule is CCCCC[C@H]1CC[C@H](CC[C@H]2CC[C@@](C#N)(CCC)CC2)CC1. The summed E-state index contributed by atoms with van der Waals surface area (Å²) in [4.78, 5) is 0. The molecule has 2 aliphatic carbocycles. The van der Waals surface area contributed by atoms with Gasteiger partial charge in [0.1, 0.15) is 0 Å². The van der Waals surface area contributed by atoms with Gasteiger partial charge in [0.05, 0.1) is 11.5 Å². The number of hydrogen-bond donors (Lipinski definition) is 0. The minimum Gasteiger partial charge on any atom is -0.198 e. The van der Waals surface area contributed by atoms with Gasteiger partial charge in [-0.2, -0.15) is 5.26 Å². The van der Waals surface area contributed by atoms with E-state index in [0.717, 1.165) is 24.2 Å². The van der Waals surface area contributed by atoms with Crippen molar-refractivity contribution < 1.29 is 0 Å². The average molecular weight is 332 g/mol. The van der Waals surface area contributed by atoms with E-state index in [9.17, 15) is 5.26 Å². The van der Waals surface area contributed by atoms with Gasteiger partial charge in [-0.15, -0.1) is 0 Å². The zero-order valence-electron chi connectivity index (χ0n) is 16.5. The van der Waals surface area contributed by atoms with Crippen LogP contribution in [0.15, 0.2) is 0 Å². The highest BCUT2D eigenvalue weighted by Crippen LogP contribution is 2.44. The van der Waals surface area contributed by atoms with Gasteiger partial charge < -0.3 is 0 Å². The van der Waals surface area contributed by atoms with E-state index >= 15 is 0 Å². The Labute approximate surface area is 151 Å². The Morgan fingerprint density at radius 2 is 1.29 bits per heavy atom. The van der Waals surface area contributed by atoms with Gasteiger partial charge in [-0.1, -0.05) is 84.5 Å². The molecule has 0 spiro atoms. The lowest BCUT2D eigenvalue weighted by molar-refractivity contribution is 0.173. The van der Waals surface area contributed by atoms with Crippen LogP contribution in [0.3, 0.4) is 0 Å². The van der Waals surface area contributed by atoms with Crippen LogP contribution in [0.4, 0.5) is 0 Å². The smallest absolute Gasteiger partial charge is 0.0689 e. The van der Waals surface area contributed by atoms with Crippen LogP contribution < -0.4 is 0 Å². The normalized spacial score (nSPS) is 34.0. The molecule has 0 aromatic rings. The fourth-order valence-electron chi connectivity index (χ4n) is 5.38. The quantitative estimate of drug-likeness (QED) is 0.398. The third-order valence-corrected chi connectivity index (χ3v) is 7.19. The molecule has 2 aliphatic rings. The first-order valence-electron chi connectivity index (χ1n) is 11.1. The van der Waals surface area contributed by atoms with Gasteiger partial charge in [-0.25, -0.2) is 0 Å². The Kier molecular flexibility index (Phi) is 8.65. The van der Waals surface area contributed by atoms with Crippen LogP contribution in [0.25, 0.3) is 0 Å². The maximum Gasteiger partial charge on any atom is 0.0689 e. The van der Waals surface area contributed by atoms with E-state index in [1.807, 2.05) is 0 Å². The molecule has 0 unspecified atom stereocenters. The van der Waals surface area contributed by atoms with Crippen molar-refractivity contribution in [2.24, 2.45) is 23.2 Å². The molecule has 1 heteroatoms. The van der Waals surface area contributed by atoms with Crippen molar-refractivity contribution in [1.82, 2.24) is 0 Å². The summed E-state index contributed by atoms with van der Waals surface area (Å²) in [5.41, 5.74) is 0.0435. The monoisotopic (exact) mass is 331 g/mol. The summed E-state index contributed by atoms with van der Waals surface area (Å²) >= 11 is 0. The van der Waals surface area contributed by atoms with E-state index in [1.54, 1.807) is 0 Å². The second-order valence-corrected chi connectivity index (χ2v) is 9.05. The average Bonchev–Trinajstić information content (AvgIpc) is 2.63. The van der Waals surface area contributed by atoms with Gasteiger partial charge in [0.2, 0.25) is 0 Å². The molecule has 2 rings (SSSR count). The van der Waals surface area contributed by atoms with E-state index in [1.165, 1.54) is 96.3 Å². The van der Waals surface area contributed by atoms with Gasteiger partial charge >= 0.3 is 0 Å². The van der Waals surface area contributed by atoms with Gasteiger partial charge in [0, 0.05) is 0 Å². The Balaban J connectivity index is 1.60. The predicted molar refractivity (Wildman–Crippen MR) is 104 cm³/mol. The van der Waals surface area contributed by atoms with E-state index in [2.05, 4.69) is 19.9 Å². The molecule has 0 N–H and O–H groups in total. The lowest BCUT2D eigenvalue weighted by atomic mass is 9.67. The largest absolute Gasteiger partial charge is 0.198 e. The Bertz CT molecular complexity index is 364. The molecule has 1 nitrogen and oxygen atoms in total. The topological polar surface area (TPSA) is 23.8 Å². The number of nitrogens with zero attached hydrogens (tertiary/aromatic N) is 1. The van der Waals surface area contributed by atoms with Crippen molar-refractivity contribution in [2.75, 3.05) is 0 Å². The molecular weight excluding hydrogens is 290 g/mol. The molecule has 0 aliphatic heterocycles. The highest BCUT2D eigenvalue weighted by Gasteiger charge is 2.34. The zero-order valence-corrected chi connectivity index (χ0v) is 16.5. The van der Waals surface area contributed by atoms with Gasteiger partial charge in [-0.3, -0.25) is 0 Å². The minimum atomic E-state index is 0.0435. The summed E-state index contributed by atoms with van der Waals surface area (Å²) in [6.45, 7) is 4.54. The lowest BCUT2D eigenvalue weighted by Crippen LogP contribution is -2.26. The molecule has 0 saturated heterocycles. The first kappa shape index (κ1) is 19.8. The number of unbranched alkanes of at least 4 members (excludes halogenated alkanes) is 2. The summed E-state index contributed by atoms with van der Waals surface area (Å²) in [6.07, 6.45) is 22.0. The highest BCUT2D eigenvalue weighted by atomic mass is 14.4. The molecule has 2 fully saturated rings. The van der Waals surface area contributed by atoms with Crippen molar-refractivity contribution >= 4 is 0 Å². The van der Waals surface area contributed by atoms with E-state index in [4.69, 9.17) is 0 Å². The summed E-state index contributed by atoms with van der Waals surface area (Å²) in [7, 11) is 0. The Hall–Kier alpha value is -0.510.